The molecule has 184 valence electrons. The first-order valence-electron chi connectivity index (χ1n) is 12.0. The van der Waals surface area contributed by atoms with Gasteiger partial charge in [-0.15, -0.1) is 5.10 Å². The second-order valence-electron chi connectivity index (χ2n) is 9.93. The van der Waals surface area contributed by atoms with E-state index in [9.17, 15) is 4.79 Å². The Kier molecular flexibility index (Phi) is 6.00. The molecule has 1 aliphatic heterocycles. The van der Waals surface area contributed by atoms with Crippen LogP contribution >= 0.6 is 11.3 Å². The predicted octanol–water partition coefficient (Wildman–Crippen LogP) is 3.93. The molecule has 9 nitrogen and oxygen atoms in total. The molecule has 1 aromatic carbocycles. The maximum atomic E-state index is 12.8. The van der Waals surface area contributed by atoms with E-state index in [4.69, 9.17) is 10.1 Å². The number of aromatic nitrogens is 5. The van der Waals surface area contributed by atoms with Crippen LogP contribution in [0, 0.1) is 0 Å². The van der Waals surface area contributed by atoms with Gasteiger partial charge in [-0.25, -0.2) is 4.98 Å². The molecule has 3 aromatic heterocycles. The van der Waals surface area contributed by atoms with E-state index in [-0.39, 0.29) is 11.4 Å². The highest BCUT2D eigenvalue weighted by Crippen LogP contribution is 2.35. The molecule has 1 aliphatic rings. The van der Waals surface area contributed by atoms with E-state index >= 15 is 0 Å². The molecule has 0 unspecified atom stereocenters. The molecule has 1 N–H and O–H groups in total. The van der Waals surface area contributed by atoms with Crippen LogP contribution in [0.3, 0.4) is 0 Å². The fourth-order valence-corrected chi connectivity index (χ4v) is 5.23. The Morgan fingerprint density at radius 3 is 2.40 bits per heavy atom. The zero-order valence-corrected chi connectivity index (χ0v) is 21.8. The second-order valence-corrected chi connectivity index (χ2v) is 10.9. The Balaban J connectivity index is 1.39. The maximum absolute atomic E-state index is 12.8. The van der Waals surface area contributed by atoms with Crippen LogP contribution in [0.5, 0.6) is 0 Å². The molecule has 0 saturated carbocycles. The lowest BCUT2D eigenvalue weighted by Gasteiger charge is -2.34. The van der Waals surface area contributed by atoms with Crippen LogP contribution in [0.2, 0.25) is 0 Å². The summed E-state index contributed by atoms with van der Waals surface area (Å²) in [5.41, 5.74) is 3.77. The van der Waals surface area contributed by atoms with Gasteiger partial charge < -0.3 is 15.1 Å². The summed E-state index contributed by atoms with van der Waals surface area (Å²) in [4.78, 5) is 22.8. The number of benzene rings is 1. The smallest absolute Gasteiger partial charge is 0.272 e. The van der Waals surface area contributed by atoms with Crippen LogP contribution in [0.4, 0.5) is 10.9 Å². The molecule has 1 amide bonds. The summed E-state index contributed by atoms with van der Waals surface area (Å²) < 4.78 is 3.56. The zero-order valence-electron chi connectivity index (χ0n) is 20.9. The number of rotatable bonds is 5. The van der Waals surface area contributed by atoms with E-state index in [1.807, 2.05) is 9.42 Å². The van der Waals surface area contributed by atoms with Crippen LogP contribution in [0.25, 0.3) is 16.2 Å². The van der Waals surface area contributed by atoms with Gasteiger partial charge in [0.2, 0.25) is 10.1 Å². The van der Waals surface area contributed by atoms with Gasteiger partial charge in [-0.2, -0.15) is 9.61 Å². The Bertz CT molecular complexity index is 1340. The second kappa shape index (κ2) is 8.99. The van der Waals surface area contributed by atoms with Crippen molar-refractivity contribution in [2.75, 3.05) is 36.4 Å². The molecular weight excluding hydrogens is 460 g/mol. The molecule has 0 spiro atoms. The minimum absolute atomic E-state index is 0.0222. The fraction of sp³-hybridized carbons (Fsp3) is 0.440. The molecule has 0 aliphatic carbocycles. The number of hydrogen-bond donors (Lipinski definition) is 1. The lowest BCUT2D eigenvalue weighted by molar-refractivity contribution is 0.0735. The van der Waals surface area contributed by atoms with E-state index in [0.29, 0.717) is 18.8 Å². The van der Waals surface area contributed by atoms with Gasteiger partial charge in [0, 0.05) is 50.5 Å². The maximum Gasteiger partial charge on any atom is 0.272 e. The first kappa shape index (κ1) is 23.3. The molecule has 0 atom stereocenters. The number of carbonyl (C=O) groups is 1. The van der Waals surface area contributed by atoms with Gasteiger partial charge in [0.1, 0.15) is 11.4 Å². The number of nitrogens with zero attached hydrogens (tertiary/aromatic N) is 7. The first-order chi connectivity index (χ1) is 16.7. The molecule has 5 rings (SSSR count). The van der Waals surface area contributed by atoms with Crippen molar-refractivity contribution in [1.29, 1.82) is 0 Å². The average molecular weight is 493 g/mol. The highest BCUT2D eigenvalue weighted by molar-refractivity contribution is 7.20. The third kappa shape index (κ3) is 4.62. The number of hydrogen-bond acceptors (Lipinski definition) is 7. The molecule has 0 bridgehead atoms. The minimum atomic E-state index is -0.143. The summed E-state index contributed by atoms with van der Waals surface area (Å²) in [6.07, 6.45) is 2.67. The van der Waals surface area contributed by atoms with Gasteiger partial charge in [-0.3, -0.25) is 9.48 Å². The summed E-state index contributed by atoms with van der Waals surface area (Å²) in [5, 5.41) is 13.6. The van der Waals surface area contributed by atoms with Crippen molar-refractivity contribution in [2.24, 2.45) is 7.05 Å². The normalized spacial score (nSPS) is 14.7. The van der Waals surface area contributed by atoms with Gasteiger partial charge in [0.15, 0.2) is 5.82 Å². The van der Waals surface area contributed by atoms with Gasteiger partial charge >= 0.3 is 0 Å². The lowest BCUT2D eigenvalue weighted by atomic mass is 10.1. The van der Waals surface area contributed by atoms with Crippen molar-refractivity contribution in [3.8, 4) is 11.3 Å². The Morgan fingerprint density at radius 1 is 1.09 bits per heavy atom. The highest BCUT2D eigenvalue weighted by atomic mass is 32.1. The van der Waals surface area contributed by atoms with E-state index in [2.05, 4.69) is 67.3 Å². The van der Waals surface area contributed by atoms with Crippen molar-refractivity contribution in [1.82, 2.24) is 29.3 Å². The topological polar surface area (TPSA) is 83.6 Å². The van der Waals surface area contributed by atoms with Crippen molar-refractivity contribution < 1.29 is 4.79 Å². The zero-order chi connectivity index (χ0) is 24.7. The lowest BCUT2D eigenvalue weighted by Crippen LogP contribution is -2.49. The standard InChI is InChI=1S/C25H32N8OS/c1-6-17-7-9-18(10-8-17)20-21(28-25(2,3)4)33-23(27-20)35-24(29-33)32-15-13-31(14-16-32)22(34)19-11-12-26-30(19)5/h7-12,28H,6,13-16H2,1-5H3. The van der Waals surface area contributed by atoms with E-state index < -0.39 is 0 Å². The van der Waals surface area contributed by atoms with Crippen molar-refractivity contribution >= 4 is 33.2 Å². The summed E-state index contributed by atoms with van der Waals surface area (Å²) in [7, 11) is 1.80. The van der Waals surface area contributed by atoms with Crippen LogP contribution in [0.15, 0.2) is 36.5 Å². The van der Waals surface area contributed by atoms with Gasteiger partial charge in [-0.05, 0) is 38.8 Å². The Labute approximate surface area is 209 Å². The Morgan fingerprint density at radius 2 is 1.80 bits per heavy atom. The van der Waals surface area contributed by atoms with Crippen molar-refractivity contribution in [3.63, 3.8) is 0 Å². The largest absolute Gasteiger partial charge is 0.364 e. The molecule has 4 aromatic rings. The molecule has 1 saturated heterocycles. The molecule has 4 heterocycles. The number of anilines is 2. The monoisotopic (exact) mass is 492 g/mol. The number of nitrogens with one attached hydrogen (secondary N) is 1. The van der Waals surface area contributed by atoms with Crippen molar-refractivity contribution in [3.05, 3.63) is 47.8 Å². The highest BCUT2D eigenvalue weighted by Gasteiger charge is 2.27. The summed E-state index contributed by atoms with van der Waals surface area (Å²) >= 11 is 1.59. The summed E-state index contributed by atoms with van der Waals surface area (Å²) in [6, 6.07) is 10.4. The third-order valence-corrected chi connectivity index (χ3v) is 7.17. The number of imidazole rings is 1. The number of piperazine rings is 1. The third-order valence-electron chi connectivity index (χ3n) is 6.20. The SMILES string of the molecule is CCc1ccc(-c2nc3sc(N4CCN(C(=O)c5ccnn5C)CC4)nn3c2NC(C)(C)C)cc1. The van der Waals surface area contributed by atoms with Crippen LogP contribution < -0.4 is 10.2 Å². The van der Waals surface area contributed by atoms with Crippen LogP contribution in [-0.4, -0.2) is 66.9 Å². The summed E-state index contributed by atoms with van der Waals surface area (Å²) in [5.74, 6) is 0.929. The number of amides is 1. The molecule has 35 heavy (non-hydrogen) atoms. The van der Waals surface area contributed by atoms with Gasteiger partial charge in [0.05, 0.1) is 0 Å². The average Bonchev–Trinajstić information content (AvgIpc) is 3.54. The van der Waals surface area contributed by atoms with Crippen LogP contribution in [-0.2, 0) is 13.5 Å². The molecule has 10 heteroatoms. The number of fused-ring (bicyclic) bond motifs is 1. The quantitative estimate of drug-likeness (QED) is 0.455. The number of aryl methyl sites for hydroxylation is 2. The minimum Gasteiger partial charge on any atom is -0.364 e. The molecule has 1 fully saturated rings. The first-order valence-corrected chi connectivity index (χ1v) is 12.8. The van der Waals surface area contributed by atoms with E-state index in [1.165, 1.54) is 5.56 Å². The van der Waals surface area contributed by atoms with Crippen LogP contribution in [0.1, 0.15) is 43.7 Å². The summed E-state index contributed by atoms with van der Waals surface area (Å²) in [6.45, 7) is 11.3. The molecular formula is C25H32N8OS. The van der Waals surface area contributed by atoms with Gasteiger partial charge in [-0.1, -0.05) is 42.5 Å². The number of carbonyl (C=O) groups excluding carboxylic acids is 1. The predicted molar refractivity (Wildman–Crippen MR) is 140 cm³/mol. The fourth-order valence-electron chi connectivity index (χ4n) is 4.28. The Hall–Kier alpha value is -3.40. The van der Waals surface area contributed by atoms with Crippen molar-refractivity contribution in [2.45, 2.75) is 39.7 Å². The molecule has 0 radical (unpaired) electrons. The van der Waals surface area contributed by atoms with Gasteiger partial charge in [0.25, 0.3) is 5.91 Å². The van der Waals surface area contributed by atoms with E-state index in [0.717, 1.165) is 46.7 Å². The van der Waals surface area contributed by atoms with E-state index in [1.54, 1.807) is 35.3 Å².